The lowest BCUT2D eigenvalue weighted by atomic mass is 9.82. The summed E-state index contributed by atoms with van der Waals surface area (Å²) in [6.07, 6.45) is 3.72. The van der Waals surface area contributed by atoms with Gasteiger partial charge < -0.3 is 9.47 Å². The predicted molar refractivity (Wildman–Crippen MR) is 120 cm³/mol. The zero-order valence-corrected chi connectivity index (χ0v) is 18.1. The van der Waals surface area contributed by atoms with E-state index in [-0.39, 0.29) is 17.4 Å². The highest BCUT2D eigenvalue weighted by atomic mass is 16.2. The maximum Gasteiger partial charge on any atom is 0.257 e. The minimum atomic E-state index is 0.0579. The van der Waals surface area contributed by atoms with Crippen molar-refractivity contribution in [2.45, 2.75) is 45.7 Å². The second kappa shape index (κ2) is 7.84. The first-order valence-electron chi connectivity index (χ1n) is 11.2. The van der Waals surface area contributed by atoms with E-state index in [0.717, 1.165) is 41.9 Å². The quantitative estimate of drug-likeness (QED) is 0.652. The van der Waals surface area contributed by atoms with Gasteiger partial charge in [0.15, 0.2) is 0 Å². The molecule has 2 aliphatic heterocycles. The molecule has 0 radical (unpaired) electrons. The number of hydrogen-bond donors (Lipinski definition) is 0. The second-order valence-electron chi connectivity index (χ2n) is 8.86. The lowest BCUT2D eigenvalue weighted by Gasteiger charge is -2.43. The van der Waals surface area contributed by atoms with Crippen molar-refractivity contribution in [3.8, 4) is 11.1 Å². The van der Waals surface area contributed by atoms with Gasteiger partial charge in [-0.1, -0.05) is 37.3 Å². The summed E-state index contributed by atoms with van der Waals surface area (Å²) in [7, 11) is 0. The number of pyridine rings is 1. The van der Waals surface area contributed by atoms with E-state index in [1.165, 1.54) is 0 Å². The molecule has 0 unspecified atom stereocenters. The van der Waals surface area contributed by atoms with Gasteiger partial charge in [-0.2, -0.15) is 5.10 Å². The van der Waals surface area contributed by atoms with Crippen molar-refractivity contribution in [1.82, 2.24) is 19.2 Å². The van der Waals surface area contributed by atoms with Crippen LogP contribution in [0.3, 0.4) is 0 Å². The van der Waals surface area contributed by atoms with E-state index in [2.05, 4.69) is 18.1 Å². The number of aromatic nitrogens is 3. The molecule has 6 nitrogen and oxygen atoms in total. The van der Waals surface area contributed by atoms with E-state index in [4.69, 9.17) is 0 Å². The fourth-order valence-corrected chi connectivity index (χ4v) is 5.19. The minimum Gasteiger partial charge on any atom is -0.338 e. The summed E-state index contributed by atoms with van der Waals surface area (Å²) in [5, 5.41) is 4.41. The Kier molecular flexibility index (Phi) is 5.00. The number of carbonyl (C=O) groups is 1. The summed E-state index contributed by atoms with van der Waals surface area (Å²) in [5.41, 5.74) is 4.75. The molecule has 3 aromatic rings. The number of hydrogen-bond acceptors (Lipinski definition) is 3. The Morgan fingerprint density at radius 1 is 1.10 bits per heavy atom. The SMILES string of the molecule is CCCn1ncc(C(=O)N2C[C@@H]3C[C@H](C2)c2cc(-c4ccccc4)cc(=O)n2C3)c1C. The van der Waals surface area contributed by atoms with E-state index in [0.29, 0.717) is 31.1 Å². The Balaban J connectivity index is 1.45. The molecule has 0 spiro atoms. The van der Waals surface area contributed by atoms with Crippen LogP contribution in [-0.4, -0.2) is 38.2 Å². The Hall–Kier alpha value is -3.15. The largest absolute Gasteiger partial charge is 0.338 e. The third kappa shape index (κ3) is 3.50. The van der Waals surface area contributed by atoms with Gasteiger partial charge in [-0.15, -0.1) is 0 Å². The lowest BCUT2D eigenvalue weighted by Crippen LogP contribution is -2.49. The van der Waals surface area contributed by atoms with Crippen LogP contribution in [0.1, 0.15) is 47.4 Å². The summed E-state index contributed by atoms with van der Waals surface area (Å²) in [4.78, 5) is 28.2. The molecule has 2 aliphatic rings. The summed E-state index contributed by atoms with van der Waals surface area (Å²) < 4.78 is 3.84. The average molecular weight is 417 g/mol. The van der Waals surface area contributed by atoms with Crippen molar-refractivity contribution in [2.75, 3.05) is 13.1 Å². The van der Waals surface area contributed by atoms with E-state index < -0.39 is 0 Å². The monoisotopic (exact) mass is 416 g/mol. The van der Waals surface area contributed by atoms with Crippen molar-refractivity contribution < 1.29 is 4.79 Å². The highest BCUT2D eigenvalue weighted by Crippen LogP contribution is 2.37. The number of carbonyl (C=O) groups excluding carboxylic acids is 1. The van der Waals surface area contributed by atoms with Gasteiger partial charge in [-0.05, 0) is 42.9 Å². The molecule has 0 N–H and O–H groups in total. The summed E-state index contributed by atoms with van der Waals surface area (Å²) in [5.74, 6) is 0.546. The van der Waals surface area contributed by atoms with Crippen LogP contribution in [0.2, 0.25) is 0 Å². The molecule has 1 amide bonds. The Morgan fingerprint density at radius 3 is 2.68 bits per heavy atom. The summed E-state index contributed by atoms with van der Waals surface area (Å²) in [6.45, 7) is 6.92. The number of piperidine rings is 1. The molecular weight excluding hydrogens is 388 g/mol. The Morgan fingerprint density at radius 2 is 1.90 bits per heavy atom. The smallest absolute Gasteiger partial charge is 0.257 e. The molecule has 160 valence electrons. The van der Waals surface area contributed by atoms with Gasteiger partial charge in [0.1, 0.15) is 0 Å². The number of nitrogens with zero attached hydrogens (tertiary/aromatic N) is 4. The number of likely N-dealkylation sites (tertiary alicyclic amines) is 1. The zero-order valence-electron chi connectivity index (χ0n) is 18.1. The van der Waals surface area contributed by atoms with E-state index in [1.54, 1.807) is 12.3 Å². The van der Waals surface area contributed by atoms with E-state index in [9.17, 15) is 9.59 Å². The second-order valence-corrected chi connectivity index (χ2v) is 8.86. The van der Waals surface area contributed by atoms with Crippen molar-refractivity contribution in [3.63, 3.8) is 0 Å². The highest BCUT2D eigenvalue weighted by Gasteiger charge is 2.37. The maximum atomic E-state index is 13.3. The number of fused-ring (bicyclic) bond motifs is 4. The molecule has 6 heteroatoms. The van der Waals surface area contributed by atoms with Gasteiger partial charge >= 0.3 is 0 Å². The van der Waals surface area contributed by atoms with E-state index >= 15 is 0 Å². The highest BCUT2D eigenvalue weighted by molar-refractivity contribution is 5.95. The fraction of sp³-hybridized carbons (Fsp3) is 0.400. The molecule has 31 heavy (non-hydrogen) atoms. The van der Waals surface area contributed by atoms with Gasteiger partial charge in [0.2, 0.25) is 0 Å². The van der Waals surface area contributed by atoms with E-state index in [1.807, 2.05) is 51.4 Å². The lowest BCUT2D eigenvalue weighted by molar-refractivity contribution is 0.0594. The van der Waals surface area contributed by atoms with Gasteiger partial charge in [-0.3, -0.25) is 14.3 Å². The van der Waals surface area contributed by atoms with Gasteiger partial charge in [0.25, 0.3) is 11.5 Å². The molecule has 2 atom stereocenters. The first-order valence-corrected chi connectivity index (χ1v) is 11.2. The first-order chi connectivity index (χ1) is 15.0. The Bertz CT molecular complexity index is 1180. The third-order valence-corrected chi connectivity index (χ3v) is 6.72. The molecule has 5 rings (SSSR count). The van der Waals surface area contributed by atoms with Gasteiger partial charge in [0, 0.05) is 49.6 Å². The zero-order chi connectivity index (χ0) is 21.5. The van der Waals surface area contributed by atoms with Crippen LogP contribution in [0.25, 0.3) is 11.1 Å². The van der Waals surface area contributed by atoms with Crippen LogP contribution in [0.4, 0.5) is 0 Å². The summed E-state index contributed by atoms with van der Waals surface area (Å²) in [6, 6.07) is 13.9. The molecule has 1 saturated heterocycles. The van der Waals surface area contributed by atoms with Crippen molar-refractivity contribution >= 4 is 5.91 Å². The van der Waals surface area contributed by atoms with Crippen LogP contribution in [0, 0.1) is 12.8 Å². The molecule has 0 aliphatic carbocycles. The number of rotatable bonds is 4. The number of amides is 1. The molecule has 2 aromatic heterocycles. The molecule has 2 bridgehead atoms. The minimum absolute atomic E-state index is 0.0579. The summed E-state index contributed by atoms with van der Waals surface area (Å²) >= 11 is 0. The first kappa shape index (κ1) is 19.8. The molecule has 1 fully saturated rings. The molecule has 1 aromatic carbocycles. The molecule has 0 saturated carbocycles. The number of aryl methyl sites for hydroxylation is 1. The Labute approximate surface area is 182 Å². The van der Waals surface area contributed by atoms with Crippen LogP contribution >= 0.6 is 0 Å². The van der Waals surface area contributed by atoms with Crippen LogP contribution < -0.4 is 5.56 Å². The van der Waals surface area contributed by atoms with Gasteiger partial charge in [0.05, 0.1) is 11.8 Å². The standard InChI is InChI=1S/C25H28N4O2/c1-3-9-29-17(2)22(13-26-29)25(31)27-14-18-10-21(16-27)23-11-20(12-24(30)28(23)15-18)19-7-5-4-6-8-19/h4-8,11-13,18,21H,3,9-10,14-16H2,1-2H3/t18-,21+/m0/s1. The van der Waals surface area contributed by atoms with Crippen molar-refractivity contribution in [1.29, 1.82) is 0 Å². The van der Waals surface area contributed by atoms with Crippen LogP contribution in [0.5, 0.6) is 0 Å². The topological polar surface area (TPSA) is 60.1 Å². The van der Waals surface area contributed by atoms with Gasteiger partial charge in [-0.25, -0.2) is 0 Å². The predicted octanol–water partition coefficient (Wildman–Crippen LogP) is 3.69. The van der Waals surface area contributed by atoms with Crippen molar-refractivity contribution in [2.24, 2.45) is 5.92 Å². The molecule has 4 heterocycles. The van der Waals surface area contributed by atoms with Crippen molar-refractivity contribution in [3.05, 3.63) is 76.0 Å². The van der Waals surface area contributed by atoms with Crippen LogP contribution in [-0.2, 0) is 13.1 Å². The molecular formula is C25H28N4O2. The normalized spacial score (nSPS) is 19.9. The van der Waals surface area contributed by atoms with Crippen LogP contribution in [0.15, 0.2) is 53.5 Å². The average Bonchev–Trinajstić information content (AvgIpc) is 3.14. The fourth-order valence-electron chi connectivity index (χ4n) is 5.19. The maximum absolute atomic E-state index is 13.3. The number of benzene rings is 1. The third-order valence-electron chi connectivity index (χ3n) is 6.72.